The molecule has 0 N–H and O–H groups in total. The molecule has 0 amide bonds. The van der Waals surface area contributed by atoms with Crippen LogP contribution < -0.4 is 0 Å². The summed E-state index contributed by atoms with van der Waals surface area (Å²) in [5.74, 6) is 0. The standard InChI is InChI=1S/C23H24N4.4BrH.2Ni/c1-16-18(3)23(27-15-21-10-6-8-13-25-21)19(4)17(2)22(16)26-14-11-20-9-5-7-12-24-20;;;;;;/h5-10,12-15H,11H2,1-4H3;4*1H;;. The Labute approximate surface area is 258 Å². The molecule has 0 spiro atoms. The number of pyridine rings is 2. The van der Waals surface area contributed by atoms with E-state index in [0.717, 1.165) is 51.4 Å². The van der Waals surface area contributed by atoms with Gasteiger partial charge in [0.15, 0.2) is 0 Å². The monoisotopic (exact) mass is 792 g/mol. The van der Waals surface area contributed by atoms with Gasteiger partial charge in [0.25, 0.3) is 0 Å². The third-order valence-electron chi connectivity index (χ3n) is 4.81. The quantitative estimate of drug-likeness (QED) is 0.196. The van der Waals surface area contributed by atoms with E-state index in [4.69, 9.17) is 9.98 Å². The zero-order valence-electron chi connectivity index (χ0n) is 18.5. The van der Waals surface area contributed by atoms with Crippen molar-refractivity contribution in [2.45, 2.75) is 34.1 Å². The molecule has 0 unspecified atom stereocenters. The average molecular weight is 798 g/mol. The van der Waals surface area contributed by atoms with E-state index in [1.54, 1.807) is 6.20 Å². The summed E-state index contributed by atoms with van der Waals surface area (Å²) in [6, 6.07) is 11.7. The van der Waals surface area contributed by atoms with Crippen molar-refractivity contribution in [2.75, 3.05) is 0 Å². The van der Waals surface area contributed by atoms with E-state index in [-0.39, 0.29) is 101 Å². The van der Waals surface area contributed by atoms with Gasteiger partial charge in [-0.1, -0.05) is 12.1 Å². The van der Waals surface area contributed by atoms with E-state index in [1.165, 1.54) is 0 Å². The SMILES string of the molecule is Br.Br.Br.Br.Cc1c(C)c(N=Cc2ccccn2)c(C)c(C)c1N=CCc1ccccn1.[Ni].[Ni]. The van der Waals surface area contributed by atoms with Crippen LogP contribution in [-0.2, 0) is 39.4 Å². The Morgan fingerprint density at radius 3 is 1.61 bits per heavy atom. The Balaban J connectivity index is -0.000000701. The van der Waals surface area contributed by atoms with Gasteiger partial charge >= 0.3 is 0 Å². The summed E-state index contributed by atoms with van der Waals surface area (Å²) in [5, 5.41) is 0. The Morgan fingerprint density at radius 2 is 1.15 bits per heavy atom. The first-order chi connectivity index (χ1) is 13.1. The molecule has 2 aromatic heterocycles. The molecule has 0 radical (unpaired) electrons. The molecule has 1 aromatic carbocycles. The van der Waals surface area contributed by atoms with Crippen LogP contribution in [0.4, 0.5) is 11.4 Å². The molecule has 0 aliphatic carbocycles. The Bertz CT molecular complexity index is 973. The third kappa shape index (κ3) is 10.9. The molecule has 3 rings (SSSR count). The molecule has 0 atom stereocenters. The van der Waals surface area contributed by atoms with E-state index in [9.17, 15) is 0 Å². The first-order valence-corrected chi connectivity index (χ1v) is 9.06. The van der Waals surface area contributed by atoms with Crippen molar-refractivity contribution in [3.8, 4) is 0 Å². The maximum Gasteiger partial charge on any atom is 0.0812 e. The molecule has 4 nitrogen and oxygen atoms in total. The number of hydrogen-bond acceptors (Lipinski definition) is 4. The summed E-state index contributed by atoms with van der Waals surface area (Å²) in [6.45, 7) is 8.42. The van der Waals surface area contributed by atoms with Gasteiger partial charge in [-0.3, -0.25) is 20.0 Å². The van der Waals surface area contributed by atoms with Crippen LogP contribution in [0, 0.1) is 27.7 Å². The van der Waals surface area contributed by atoms with Crippen molar-refractivity contribution in [1.29, 1.82) is 0 Å². The van der Waals surface area contributed by atoms with Crippen LogP contribution in [0.3, 0.4) is 0 Å². The maximum atomic E-state index is 4.75. The number of benzene rings is 1. The summed E-state index contributed by atoms with van der Waals surface area (Å²) in [7, 11) is 0. The maximum absolute atomic E-state index is 4.75. The number of hydrogen-bond donors (Lipinski definition) is 0. The summed E-state index contributed by atoms with van der Waals surface area (Å²) in [4.78, 5) is 18.1. The van der Waals surface area contributed by atoms with Crippen molar-refractivity contribution in [3.63, 3.8) is 0 Å². The molecular weight excluding hydrogens is 769 g/mol. The molecule has 3 aromatic rings. The molecule has 33 heavy (non-hydrogen) atoms. The second-order valence-corrected chi connectivity index (χ2v) is 6.55. The first kappa shape index (κ1) is 40.0. The van der Waals surface area contributed by atoms with Crippen molar-refractivity contribution in [2.24, 2.45) is 9.98 Å². The van der Waals surface area contributed by atoms with Gasteiger partial charge in [-0.25, -0.2) is 0 Å². The molecule has 0 saturated heterocycles. The van der Waals surface area contributed by atoms with E-state index < -0.39 is 0 Å². The summed E-state index contributed by atoms with van der Waals surface area (Å²) >= 11 is 0. The van der Waals surface area contributed by atoms with E-state index >= 15 is 0 Å². The van der Waals surface area contributed by atoms with Gasteiger partial charge in [0.05, 0.1) is 23.3 Å². The predicted molar refractivity (Wildman–Crippen MR) is 154 cm³/mol. The largest absolute Gasteiger partial charge is 0.261 e. The molecule has 2 heterocycles. The molecule has 10 heteroatoms. The number of nitrogens with zero attached hydrogens (tertiary/aromatic N) is 4. The summed E-state index contributed by atoms with van der Waals surface area (Å²) < 4.78 is 0. The van der Waals surface area contributed by atoms with Crippen LogP contribution in [0.25, 0.3) is 0 Å². The van der Waals surface area contributed by atoms with Crippen LogP contribution in [0.2, 0.25) is 0 Å². The summed E-state index contributed by atoms with van der Waals surface area (Å²) in [6.07, 6.45) is 8.06. The molecular formula is C23H28Br4N4Ni2. The Morgan fingerprint density at radius 1 is 0.667 bits per heavy atom. The normalized spacial score (nSPS) is 9.45. The zero-order valence-corrected chi connectivity index (χ0v) is 27.4. The second-order valence-electron chi connectivity index (χ2n) is 6.55. The zero-order chi connectivity index (χ0) is 19.2. The fourth-order valence-corrected chi connectivity index (χ4v) is 2.99. The van der Waals surface area contributed by atoms with Gasteiger partial charge in [-0.15, -0.1) is 67.9 Å². The number of halogens is 4. The van der Waals surface area contributed by atoms with Crippen molar-refractivity contribution in [1.82, 2.24) is 9.97 Å². The van der Waals surface area contributed by atoms with Crippen LogP contribution in [-0.4, -0.2) is 22.4 Å². The number of aliphatic imine (C=N–C) groups is 2. The van der Waals surface area contributed by atoms with Crippen LogP contribution in [0.1, 0.15) is 33.6 Å². The predicted octanol–water partition coefficient (Wildman–Crippen LogP) is 7.71. The van der Waals surface area contributed by atoms with E-state index in [1.807, 2.05) is 55.0 Å². The average Bonchev–Trinajstić information content (AvgIpc) is 2.70. The van der Waals surface area contributed by atoms with Crippen molar-refractivity contribution in [3.05, 3.63) is 82.4 Å². The van der Waals surface area contributed by atoms with Crippen molar-refractivity contribution >= 4 is 91.7 Å². The molecule has 0 fully saturated rings. The van der Waals surface area contributed by atoms with Gasteiger partial charge < -0.3 is 0 Å². The van der Waals surface area contributed by atoms with Gasteiger partial charge in [-0.05, 0) is 74.2 Å². The number of rotatable bonds is 5. The van der Waals surface area contributed by atoms with Gasteiger partial charge in [0.2, 0.25) is 0 Å². The minimum atomic E-state index is 0. The Kier molecular flexibility index (Phi) is 24.2. The topological polar surface area (TPSA) is 50.5 Å². The molecule has 0 bridgehead atoms. The Hall–Kier alpha value is -0.233. The van der Waals surface area contributed by atoms with E-state index in [2.05, 4.69) is 37.7 Å². The smallest absolute Gasteiger partial charge is 0.0812 e. The fraction of sp³-hybridized carbons (Fsp3) is 0.217. The van der Waals surface area contributed by atoms with Gasteiger partial charge in [0, 0.05) is 63.7 Å². The van der Waals surface area contributed by atoms with Gasteiger partial charge in [0.1, 0.15) is 0 Å². The number of aromatic nitrogens is 2. The molecule has 0 aliphatic rings. The summed E-state index contributed by atoms with van der Waals surface area (Å²) in [5.41, 5.74) is 8.50. The van der Waals surface area contributed by atoms with Gasteiger partial charge in [-0.2, -0.15) is 0 Å². The second kappa shape index (κ2) is 20.0. The molecule has 188 valence electrons. The molecule has 0 saturated carbocycles. The third-order valence-corrected chi connectivity index (χ3v) is 4.81. The fourth-order valence-electron chi connectivity index (χ4n) is 2.99. The molecule has 0 aliphatic heterocycles. The minimum absolute atomic E-state index is 0. The van der Waals surface area contributed by atoms with Crippen LogP contribution >= 0.6 is 67.9 Å². The van der Waals surface area contributed by atoms with Crippen LogP contribution in [0.5, 0.6) is 0 Å². The van der Waals surface area contributed by atoms with Crippen molar-refractivity contribution < 1.29 is 33.0 Å². The first-order valence-electron chi connectivity index (χ1n) is 9.06. The van der Waals surface area contributed by atoms with Crippen LogP contribution in [0.15, 0.2) is 58.8 Å². The van der Waals surface area contributed by atoms with E-state index in [0.29, 0.717) is 0 Å². The minimum Gasteiger partial charge on any atom is -0.261 e.